The molecule has 7 heteroatoms. The molecular formula is C47H25FN4S2. The van der Waals surface area contributed by atoms with Gasteiger partial charge < -0.3 is 0 Å². The van der Waals surface area contributed by atoms with Gasteiger partial charge in [-0.15, -0.1) is 22.7 Å². The fraction of sp³-hybridized carbons (Fsp3) is 0. The Hall–Kier alpha value is -6.54. The lowest BCUT2D eigenvalue weighted by Gasteiger charge is -2.11. The van der Waals surface area contributed by atoms with Gasteiger partial charge in [0.1, 0.15) is 5.82 Å². The molecule has 7 aromatic carbocycles. The zero-order valence-corrected chi connectivity index (χ0v) is 30.1. The molecule has 0 amide bonds. The van der Waals surface area contributed by atoms with E-state index in [0.29, 0.717) is 5.95 Å². The second-order valence-electron chi connectivity index (χ2n) is 13.7. The fourth-order valence-corrected chi connectivity index (χ4v) is 10.8. The Labute approximate surface area is 315 Å². The number of aromatic nitrogens is 4. The first-order valence-electron chi connectivity index (χ1n) is 17.8. The molecule has 0 fully saturated rings. The molecule has 0 aliphatic rings. The molecular weight excluding hydrogens is 704 g/mol. The van der Waals surface area contributed by atoms with E-state index in [-0.39, 0.29) is 5.82 Å². The summed E-state index contributed by atoms with van der Waals surface area (Å²) in [6.45, 7) is 0. The summed E-state index contributed by atoms with van der Waals surface area (Å²) < 4.78 is 22.1. The van der Waals surface area contributed by atoms with E-state index in [4.69, 9.17) is 9.97 Å². The molecule has 0 N–H and O–H groups in total. The van der Waals surface area contributed by atoms with Crippen LogP contribution in [0, 0.1) is 5.82 Å². The zero-order valence-electron chi connectivity index (χ0n) is 28.4. The molecule has 4 nitrogen and oxygen atoms in total. The van der Waals surface area contributed by atoms with Crippen LogP contribution in [-0.4, -0.2) is 19.5 Å². The highest BCUT2D eigenvalue weighted by Crippen LogP contribution is 2.49. The Morgan fingerprint density at radius 2 is 1.31 bits per heavy atom. The van der Waals surface area contributed by atoms with E-state index in [1.54, 1.807) is 34.8 Å². The van der Waals surface area contributed by atoms with Crippen molar-refractivity contribution in [2.75, 3.05) is 0 Å². The highest BCUT2D eigenvalue weighted by molar-refractivity contribution is 7.27. The summed E-state index contributed by atoms with van der Waals surface area (Å²) in [4.78, 5) is 15.2. The molecule has 0 unspecified atom stereocenters. The molecule has 252 valence electrons. The maximum Gasteiger partial charge on any atom is 0.235 e. The van der Waals surface area contributed by atoms with E-state index >= 15 is 4.39 Å². The van der Waals surface area contributed by atoms with Crippen LogP contribution >= 0.6 is 22.7 Å². The number of halogens is 1. The van der Waals surface area contributed by atoms with Crippen LogP contribution in [-0.2, 0) is 0 Å². The van der Waals surface area contributed by atoms with Gasteiger partial charge in [0, 0.05) is 59.7 Å². The van der Waals surface area contributed by atoms with Crippen molar-refractivity contribution in [3.8, 4) is 28.3 Å². The summed E-state index contributed by atoms with van der Waals surface area (Å²) >= 11 is 3.49. The molecule has 5 aromatic heterocycles. The summed E-state index contributed by atoms with van der Waals surface area (Å²) in [5, 5.41) is 9.79. The lowest BCUT2D eigenvalue weighted by atomic mass is 9.95. The first kappa shape index (κ1) is 30.0. The zero-order chi connectivity index (χ0) is 35.5. The number of thiophene rings is 2. The number of rotatable bonds is 3. The minimum atomic E-state index is -0.276. The van der Waals surface area contributed by atoms with Crippen molar-refractivity contribution in [1.29, 1.82) is 0 Å². The summed E-state index contributed by atoms with van der Waals surface area (Å²) in [6, 6.07) is 47.7. The average Bonchev–Trinajstić information content (AvgIpc) is 3.90. The summed E-state index contributed by atoms with van der Waals surface area (Å²) in [7, 11) is 0. The topological polar surface area (TPSA) is 43.6 Å². The van der Waals surface area contributed by atoms with Gasteiger partial charge in [0.15, 0.2) is 0 Å². The first-order valence-corrected chi connectivity index (χ1v) is 19.4. The quantitative estimate of drug-likeness (QED) is 0.182. The second kappa shape index (κ2) is 11.2. The van der Waals surface area contributed by atoms with Crippen molar-refractivity contribution in [1.82, 2.24) is 19.5 Å². The fourth-order valence-electron chi connectivity index (χ4n) is 8.42. The third-order valence-electron chi connectivity index (χ3n) is 10.7. The molecule has 0 saturated heterocycles. The van der Waals surface area contributed by atoms with Crippen LogP contribution in [0.1, 0.15) is 0 Å². The Morgan fingerprint density at radius 1 is 0.537 bits per heavy atom. The minimum absolute atomic E-state index is 0.276. The van der Waals surface area contributed by atoms with Crippen LogP contribution in [0.4, 0.5) is 4.39 Å². The van der Waals surface area contributed by atoms with Crippen molar-refractivity contribution in [3.63, 3.8) is 0 Å². The van der Waals surface area contributed by atoms with Gasteiger partial charge in [-0.25, -0.2) is 14.4 Å². The van der Waals surface area contributed by atoms with Crippen molar-refractivity contribution in [3.05, 3.63) is 158 Å². The van der Waals surface area contributed by atoms with Crippen molar-refractivity contribution >= 4 is 106 Å². The van der Waals surface area contributed by atoms with Gasteiger partial charge in [-0.05, 0) is 69.8 Å². The predicted octanol–water partition coefficient (Wildman–Crippen LogP) is 13.5. The third kappa shape index (κ3) is 4.19. The van der Waals surface area contributed by atoms with Gasteiger partial charge in [-0.1, -0.05) is 97.1 Å². The molecule has 0 bridgehead atoms. The number of hydrogen-bond donors (Lipinski definition) is 0. The second-order valence-corrected chi connectivity index (χ2v) is 15.8. The largest absolute Gasteiger partial charge is 0.276 e. The molecule has 0 spiro atoms. The van der Waals surface area contributed by atoms with Crippen LogP contribution in [0.3, 0.4) is 0 Å². The number of benzene rings is 7. The normalized spacial score (nSPS) is 12.2. The van der Waals surface area contributed by atoms with Crippen LogP contribution in [0.15, 0.2) is 152 Å². The van der Waals surface area contributed by atoms with E-state index in [1.807, 2.05) is 24.5 Å². The maximum atomic E-state index is 15.4. The van der Waals surface area contributed by atoms with Gasteiger partial charge in [0.05, 0.1) is 31.6 Å². The highest BCUT2D eigenvalue weighted by atomic mass is 32.1. The third-order valence-corrected chi connectivity index (χ3v) is 13.1. The molecule has 0 aliphatic carbocycles. The summed E-state index contributed by atoms with van der Waals surface area (Å²) in [6.07, 6.45) is 3.78. The molecule has 0 aliphatic heterocycles. The van der Waals surface area contributed by atoms with Gasteiger partial charge in [0.2, 0.25) is 5.95 Å². The molecule has 54 heavy (non-hydrogen) atoms. The van der Waals surface area contributed by atoms with Gasteiger partial charge in [0.25, 0.3) is 0 Å². The summed E-state index contributed by atoms with van der Waals surface area (Å²) in [5.74, 6) is 0.290. The Balaban J connectivity index is 1.26. The van der Waals surface area contributed by atoms with E-state index in [1.165, 1.54) is 26.4 Å². The van der Waals surface area contributed by atoms with Crippen LogP contribution in [0.25, 0.3) is 112 Å². The van der Waals surface area contributed by atoms with Gasteiger partial charge in [-0.3, -0.25) is 9.55 Å². The summed E-state index contributed by atoms with van der Waals surface area (Å²) in [5.41, 5.74) is 7.00. The lowest BCUT2D eigenvalue weighted by Crippen LogP contribution is -2.03. The van der Waals surface area contributed by atoms with Crippen LogP contribution < -0.4 is 0 Å². The van der Waals surface area contributed by atoms with Crippen LogP contribution in [0.2, 0.25) is 0 Å². The Bertz CT molecular complexity index is 3520. The van der Waals surface area contributed by atoms with Gasteiger partial charge >= 0.3 is 0 Å². The molecule has 12 rings (SSSR count). The molecule has 0 radical (unpaired) electrons. The van der Waals surface area contributed by atoms with E-state index in [0.717, 1.165) is 79.8 Å². The number of nitrogens with zero attached hydrogens (tertiary/aromatic N) is 4. The lowest BCUT2D eigenvalue weighted by molar-refractivity contribution is 0.629. The van der Waals surface area contributed by atoms with E-state index in [9.17, 15) is 0 Å². The van der Waals surface area contributed by atoms with Crippen molar-refractivity contribution in [2.45, 2.75) is 0 Å². The van der Waals surface area contributed by atoms with Crippen LogP contribution in [0.5, 0.6) is 0 Å². The van der Waals surface area contributed by atoms with Crippen molar-refractivity contribution < 1.29 is 4.39 Å². The SMILES string of the molecule is Fc1ccc2c(c1)c1c3ccccc3c3c4cc(-c5cccc6cnccc56)ccc4sc3c1n2-c1nc(-c2ccccc2)c2sc3ccccc3c2n1. The van der Waals surface area contributed by atoms with Gasteiger partial charge in [-0.2, -0.15) is 0 Å². The molecule has 5 heterocycles. The first-order chi connectivity index (χ1) is 26.7. The van der Waals surface area contributed by atoms with E-state index in [2.05, 4.69) is 125 Å². The molecule has 0 atom stereocenters. The Kier molecular flexibility index (Phi) is 6.23. The number of hydrogen-bond acceptors (Lipinski definition) is 5. The Morgan fingerprint density at radius 3 is 2.20 bits per heavy atom. The maximum absolute atomic E-state index is 15.4. The standard InChI is InChI=1S/C47H25FN4S2/c48-29-18-19-37-35(24-29)40-32-12-4-5-13-33(32)41-36-23-27(30-15-8-11-28-25-49-22-21-31(28)30)17-20-39(36)53-45(41)44(40)52(37)47-50-42(26-9-2-1-3-10-26)46-43(51-47)34-14-6-7-16-38(34)54-46/h1-25H. The van der Waals surface area contributed by atoms with Crippen molar-refractivity contribution in [2.24, 2.45) is 0 Å². The molecule has 12 aromatic rings. The van der Waals surface area contributed by atoms with E-state index < -0.39 is 0 Å². The smallest absolute Gasteiger partial charge is 0.235 e. The number of pyridine rings is 1. The average molecular weight is 729 g/mol. The highest BCUT2D eigenvalue weighted by Gasteiger charge is 2.25. The minimum Gasteiger partial charge on any atom is -0.276 e. The predicted molar refractivity (Wildman–Crippen MR) is 226 cm³/mol. The monoisotopic (exact) mass is 728 g/mol. The molecule has 0 saturated carbocycles. The number of fused-ring (bicyclic) bond motifs is 14.